The van der Waals surface area contributed by atoms with E-state index >= 15 is 0 Å². The first-order valence-electron chi connectivity index (χ1n) is 6.56. The molecule has 0 saturated heterocycles. The summed E-state index contributed by atoms with van der Waals surface area (Å²) in [6.45, 7) is 1.87. The maximum atomic E-state index is 10.7. The lowest BCUT2D eigenvalue weighted by Crippen LogP contribution is -2.10. The van der Waals surface area contributed by atoms with Crippen molar-refractivity contribution >= 4 is 28.4 Å². The molecule has 0 radical (unpaired) electrons. The van der Waals surface area contributed by atoms with Crippen LogP contribution in [0.1, 0.15) is 18.7 Å². The van der Waals surface area contributed by atoms with Crippen molar-refractivity contribution in [2.24, 2.45) is 0 Å². The minimum absolute atomic E-state index is 0.181. The SMILES string of the molecule is C[C@@H](Nc1ncc([N+](=O)[O-])c(N)n1)c1cc2ccccc2o1. The van der Waals surface area contributed by atoms with Crippen LogP contribution in [0.5, 0.6) is 0 Å². The zero-order chi connectivity index (χ0) is 15.7. The predicted molar refractivity (Wildman–Crippen MR) is 81.4 cm³/mol. The minimum Gasteiger partial charge on any atom is -0.459 e. The number of benzene rings is 1. The molecule has 3 aromatic rings. The van der Waals surface area contributed by atoms with Gasteiger partial charge in [-0.3, -0.25) is 10.1 Å². The fourth-order valence-corrected chi connectivity index (χ4v) is 2.08. The van der Waals surface area contributed by atoms with Crippen LogP contribution in [0.3, 0.4) is 0 Å². The van der Waals surface area contributed by atoms with Crippen molar-refractivity contribution in [1.29, 1.82) is 0 Å². The maximum absolute atomic E-state index is 10.7. The fraction of sp³-hybridized carbons (Fsp3) is 0.143. The van der Waals surface area contributed by atoms with Crippen LogP contribution in [0.2, 0.25) is 0 Å². The van der Waals surface area contributed by atoms with E-state index in [4.69, 9.17) is 10.2 Å². The van der Waals surface area contributed by atoms with Crippen molar-refractivity contribution in [2.75, 3.05) is 11.1 Å². The quantitative estimate of drug-likeness (QED) is 0.561. The number of hydrogen-bond acceptors (Lipinski definition) is 7. The summed E-state index contributed by atoms with van der Waals surface area (Å²) >= 11 is 0. The highest BCUT2D eigenvalue weighted by molar-refractivity contribution is 5.77. The molecule has 8 nitrogen and oxygen atoms in total. The average molecular weight is 299 g/mol. The first-order valence-corrected chi connectivity index (χ1v) is 6.56. The number of nitrogens with one attached hydrogen (secondary N) is 1. The van der Waals surface area contributed by atoms with Crippen molar-refractivity contribution in [1.82, 2.24) is 9.97 Å². The van der Waals surface area contributed by atoms with Gasteiger partial charge in [0.2, 0.25) is 11.8 Å². The third-order valence-corrected chi connectivity index (χ3v) is 3.21. The van der Waals surface area contributed by atoms with Crippen LogP contribution in [-0.4, -0.2) is 14.9 Å². The molecule has 0 aliphatic rings. The highest BCUT2D eigenvalue weighted by Crippen LogP contribution is 2.26. The monoisotopic (exact) mass is 299 g/mol. The molecule has 2 heterocycles. The maximum Gasteiger partial charge on any atom is 0.329 e. The molecular formula is C14H13N5O3. The van der Waals surface area contributed by atoms with Crippen LogP contribution in [-0.2, 0) is 0 Å². The summed E-state index contributed by atoms with van der Waals surface area (Å²) in [5.74, 6) is 0.733. The molecule has 0 fully saturated rings. The number of furan rings is 1. The Morgan fingerprint density at radius 2 is 2.18 bits per heavy atom. The Bertz CT molecular complexity index is 812. The van der Waals surface area contributed by atoms with Gasteiger partial charge in [-0.05, 0) is 19.1 Å². The van der Waals surface area contributed by atoms with E-state index in [0.717, 1.165) is 17.2 Å². The molecule has 3 N–H and O–H groups in total. The van der Waals surface area contributed by atoms with Crippen LogP contribution in [0.4, 0.5) is 17.5 Å². The molecule has 0 aliphatic heterocycles. The van der Waals surface area contributed by atoms with Crippen molar-refractivity contribution in [2.45, 2.75) is 13.0 Å². The van der Waals surface area contributed by atoms with Crippen LogP contribution in [0.15, 0.2) is 40.9 Å². The number of aromatic nitrogens is 2. The van der Waals surface area contributed by atoms with E-state index in [-0.39, 0.29) is 23.5 Å². The number of nitrogens with two attached hydrogens (primary N) is 1. The number of nitrogens with zero attached hydrogens (tertiary/aromatic N) is 3. The Kier molecular flexibility index (Phi) is 3.34. The largest absolute Gasteiger partial charge is 0.459 e. The van der Waals surface area contributed by atoms with Gasteiger partial charge in [-0.15, -0.1) is 0 Å². The number of nitrogen functional groups attached to an aromatic ring is 1. The van der Waals surface area contributed by atoms with Crippen molar-refractivity contribution in [3.05, 3.63) is 52.4 Å². The summed E-state index contributed by atoms with van der Waals surface area (Å²) in [7, 11) is 0. The third-order valence-electron chi connectivity index (χ3n) is 3.21. The molecule has 1 aromatic carbocycles. The zero-order valence-electron chi connectivity index (χ0n) is 11.7. The standard InChI is InChI=1S/C14H13N5O3/c1-8(12-6-9-4-2-3-5-11(9)22-12)17-14-16-7-10(19(20)21)13(15)18-14/h2-8H,1H3,(H3,15,16,17,18)/t8-/m1/s1. The molecule has 0 unspecified atom stereocenters. The summed E-state index contributed by atoms with van der Waals surface area (Å²) in [6, 6.07) is 9.37. The molecule has 22 heavy (non-hydrogen) atoms. The van der Waals surface area contributed by atoms with Gasteiger partial charge in [-0.1, -0.05) is 18.2 Å². The van der Waals surface area contributed by atoms with Gasteiger partial charge in [0.25, 0.3) is 0 Å². The van der Waals surface area contributed by atoms with Gasteiger partial charge in [0.05, 0.1) is 11.0 Å². The van der Waals surface area contributed by atoms with Gasteiger partial charge in [0, 0.05) is 5.39 Å². The molecule has 2 aromatic heterocycles. The van der Waals surface area contributed by atoms with Gasteiger partial charge < -0.3 is 15.5 Å². The summed E-state index contributed by atoms with van der Waals surface area (Å²) in [6.07, 6.45) is 1.08. The Morgan fingerprint density at radius 1 is 1.41 bits per heavy atom. The predicted octanol–water partition coefficient (Wildman–Crippen LogP) is 2.89. The summed E-state index contributed by atoms with van der Waals surface area (Å²) in [5.41, 5.74) is 6.01. The average Bonchev–Trinajstić information content (AvgIpc) is 2.91. The topological polar surface area (TPSA) is 120 Å². The van der Waals surface area contributed by atoms with Crippen LogP contribution < -0.4 is 11.1 Å². The lowest BCUT2D eigenvalue weighted by molar-refractivity contribution is -0.384. The van der Waals surface area contributed by atoms with E-state index in [2.05, 4.69) is 15.3 Å². The molecule has 0 spiro atoms. The lowest BCUT2D eigenvalue weighted by atomic mass is 10.2. The third kappa shape index (κ3) is 2.53. The van der Waals surface area contributed by atoms with Crippen molar-refractivity contribution < 1.29 is 9.34 Å². The molecule has 8 heteroatoms. The lowest BCUT2D eigenvalue weighted by Gasteiger charge is -2.11. The minimum atomic E-state index is -0.623. The van der Waals surface area contributed by atoms with E-state index < -0.39 is 4.92 Å². The van der Waals surface area contributed by atoms with Gasteiger partial charge in [0.15, 0.2) is 0 Å². The van der Waals surface area contributed by atoms with E-state index in [1.807, 2.05) is 37.3 Å². The van der Waals surface area contributed by atoms with Crippen LogP contribution in [0.25, 0.3) is 11.0 Å². The zero-order valence-corrected chi connectivity index (χ0v) is 11.7. The highest BCUT2D eigenvalue weighted by Gasteiger charge is 2.17. The van der Waals surface area contributed by atoms with Crippen LogP contribution >= 0.6 is 0 Å². The van der Waals surface area contributed by atoms with Crippen molar-refractivity contribution in [3.8, 4) is 0 Å². The van der Waals surface area contributed by atoms with Gasteiger partial charge in [-0.25, -0.2) is 4.98 Å². The molecule has 3 rings (SSSR count). The first-order chi connectivity index (χ1) is 10.5. The van der Waals surface area contributed by atoms with Gasteiger partial charge in [0.1, 0.15) is 17.5 Å². The molecule has 0 aliphatic carbocycles. The normalized spacial score (nSPS) is 12.2. The molecule has 0 amide bonds. The summed E-state index contributed by atoms with van der Waals surface area (Å²) in [5, 5.41) is 14.7. The Hall–Kier alpha value is -3.16. The number of nitro groups is 1. The number of fused-ring (bicyclic) bond motifs is 1. The van der Waals surface area contributed by atoms with Gasteiger partial charge in [-0.2, -0.15) is 4.98 Å². The second kappa shape index (κ2) is 5.32. The van der Waals surface area contributed by atoms with E-state index in [1.165, 1.54) is 0 Å². The molecule has 0 bridgehead atoms. The van der Waals surface area contributed by atoms with E-state index in [1.54, 1.807) is 0 Å². The number of anilines is 2. The van der Waals surface area contributed by atoms with Crippen molar-refractivity contribution in [3.63, 3.8) is 0 Å². The fourth-order valence-electron chi connectivity index (χ4n) is 2.08. The second-order valence-electron chi connectivity index (χ2n) is 4.77. The molecule has 0 saturated carbocycles. The Labute approximate surface area is 125 Å². The number of hydrogen-bond donors (Lipinski definition) is 2. The Balaban J connectivity index is 1.83. The summed E-state index contributed by atoms with van der Waals surface area (Å²) in [4.78, 5) is 17.8. The van der Waals surface area contributed by atoms with Crippen LogP contribution in [0, 0.1) is 10.1 Å². The molecular weight excluding hydrogens is 286 g/mol. The number of para-hydroxylation sites is 1. The van der Waals surface area contributed by atoms with E-state index in [9.17, 15) is 10.1 Å². The molecule has 1 atom stereocenters. The summed E-state index contributed by atoms with van der Waals surface area (Å²) < 4.78 is 5.74. The number of rotatable bonds is 4. The van der Waals surface area contributed by atoms with E-state index in [0.29, 0.717) is 5.76 Å². The highest BCUT2D eigenvalue weighted by atomic mass is 16.6. The van der Waals surface area contributed by atoms with Gasteiger partial charge >= 0.3 is 5.69 Å². The smallest absolute Gasteiger partial charge is 0.329 e. The molecule has 112 valence electrons. The Morgan fingerprint density at radius 3 is 2.86 bits per heavy atom. The first kappa shape index (κ1) is 13.8. The second-order valence-corrected chi connectivity index (χ2v) is 4.77.